The molecule has 2 aromatic carbocycles. The van der Waals surface area contributed by atoms with Gasteiger partial charge in [-0.25, -0.2) is 4.68 Å². The van der Waals surface area contributed by atoms with Gasteiger partial charge >= 0.3 is 0 Å². The average Bonchev–Trinajstić information content (AvgIpc) is 2.97. The summed E-state index contributed by atoms with van der Waals surface area (Å²) in [7, 11) is 0. The van der Waals surface area contributed by atoms with Crippen molar-refractivity contribution in [2.24, 2.45) is 0 Å². The Hall–Kier alpha value is -3.48. The molecule has 0 fully saturated rings. The third kappa shape index (κ3) is 3.06. The smallest absolute Gasteiger partial charge is 0.242 e. The summed E-state index contributed by atoms with van der Waals surface area (Å²) in [5.74, 6) is -1.04. The number of anilines is 2. The molecule has 7 heteroatoms. The molecule has 0 aliphatic carbocycles. The zero-order chi connectivity index (χ0) is 17.9. The number of carbonyl (C=O) groups is 2. The van der Waals surface area contributed by atoms with Crippen LogP contribution in [0.5, 0.6) is 0 Å². The molecule has 4 rings (SSSR count). The number of aryl methyl sites for hydroxylation is 2. The maximum atomic E-state index is 12.7. The van der Waals surface area contributed by atoms with Crippen molar-refractivity contribution in [2.45, 2.75) is 18.9 Å². The van der Waals surface area contributed by atoms with E-state index < -0.39 is 17.7 Å². The molecule has 1 aliphatic rings. The number of carbonyl (C=O) groups excluding carboxylic acids is 2. The highest BCUT2D eigenvalue weighted by Crippen LogP contribution is 2.28. The Morgan fingerprint density at radius 2 is 1.54 bits per heavy atom. The normalized spacial score (nSPS) is 16.4. The summed E-state index contributed by atoms with van der Waals surface area (Å²) in [6.45, 7) is 0.540. The topological polar surface area (TPSA) is 88.9 Å². The summed E-state index contributed by atoms with van der Waals surface area (Å²) in [4.78, 5) is 25.2. The number of hydrogen-bond acceptors (Lipinski definition) is 4. The summed E-state index contributed by atoms with van der Waals surface area (Å²) < 4.78 is 1.61. The molecule has 0 bridgehead atoms. The molecule has 0 spiro atoms. The molecule has 1 unspecified atom stereocenters. The first-order valence-corrected chi connectivity index (χ1v) is 8.36. The van der Waals surface area contributed by atoms with E-state index in [0.29, 0.717) is 17.9 Å². The fraction of sp³-hybridized carbons (Fsp3) is 0.158. The van der Waals surface area contributed by atoms with Crippen LogP contribution < -0.4 is 10.6 Å². The summed E-state index contributed by atoms with van der Waals surface area (Å²) in [5.41, 5.74) is 1.79. The van der Waals surface area contributed by atoms with E-state index in [1.165, 1.54) is 0 Å². The molecule has 0 saturated carbocycles. The van der Waals surface area contributed by atoms with E-state index in [9.17, 15) is 9.59 Å². The van der Waals surface area contributed by atoms with E-state index in [1.54, 1.807) is 28.9 Å². The molecule has 26 heavy (non-hydrogen) atoms. The van der Waals surface area contributed by atoms with E-state index in [4.69, 9.17) is 0 Å². The molecule has 2 amide bonds. The first-order chi connectivity index (χ1) is 12.7. The third-order valence-corrected chi connectivity index (χ3v) is 4.33. The monoisotopic (exact) mass is 347 g/mol. The minimum Gasteiger partial charge on any atom is -0.307 e. The van der Waals surface area contributed by atoms with Crippen LogP contribution in [0.25, 0.3) is 0 Å². The summed E-state index contributed by atoms with van der Waals surface area (Å²) >= 11 is 0. The van der Waals surface area contributed by atoms with E-state index in [1.807, 2.05) is 36.4 Å². The number of nitrogens with one attached hydrogen (secondary N) is 2. The molecule has 130 valence electrons. The predicted octanol–water partition coefficient (Wildman–Crippen LogP) is 2.20. The molecule has 2 N–H and O–H groups in total. The van der Waals surface area contributed by atoms with Crippen LogP contribution in [-0.4, -0.2) is 26.8 Å². The highest BCUT2D eigenvalue weighted by atomic mass is 16.2. The van der Waals surface area contributed by atoms with Gasteiger partial charge in [0, 0.05) is 6.54 Å². The van der Waals surface area contributed by atoms with E-state index in [2.05, 4.69) is 20.9 Å². The van der Waals surface area contributed by atoms with Gasteiger partial charge in [0.2, 0.25) is 11.8 Å². The number of fused-ring (bicyclic) bond motifs is 1. The van der Waals surface area contributed by atoms with Crippen molar-refractivity contribution in [1.29, 1.82) is 0 Å². The lowest BCUT2D eigenvalue weighted by atomic mass is 9.97. The van der Waals surface area contributed by atoms with Crippen LogP contribution in [0.4, 0.5) is 11.6 Å². The fourth-order valence-corrected chi connectivity index (χ4v) is 3.00. The van der Waals surface area contributed by atoms with Gasteiger partial charge in [-0.1, -0.05) is 65.9 Å². The largest absolute Gasteiger partial charge is 0.307 e. The number of nitrogens with zero attached hydrogens (tertiary/aromatic N) is 3. The number of amides is 2. The van der Waals surface area contributed by atoms with Gasteiger partial charge in [0.05, 0.1) is 0 Å². The van der Waals surface area contributed by atoms with Gasteiger partial charge in [-0.3, -0.25) is 9.59 Å². The van der Waals surface area contributed by atoms with Gasteiger partial charge in [-0.15, -0.1) is 5.10 Å². The maximum Gasteiger partial charge on any atom is 0.242 e. The van der Waals surface area contributed by atoms with Gasteiger partial charge in [0.1, 0.15) is 5.92 Å². The van der Waals surface area contributed by atoms with Crippen molar-refractivity contribution in [2.75, 3.05) is 10.6 Å². The molecule has 2 heterocycles. The maximum absolute atomic E-state index is 12.7. The van der Waals surface area contributed by atoms with Crippen LogP contribution >= 0.6 is 0 Å². The summed E-state index contributed by atoms with van der Waals surface area (Å²) in [6.07, 6.45) is 0.739. The first-order valence-electron chi connectivity index (χ1n) is 8.36. The Balaban J connectivity index is 1.57. The van der Waals surface area contributed by atoms with Gasteiger partial charge in [0.15, 0.2) is 11.6 Å². The molecule has 0 saturated heterocycles. The van der Waals surface area contributed by atoms with Gasteiger partial charge in [-0.2, -0.15) is 0 Å². The highest BCUT2D eigenvalue weighted by molar-refractivity contribution is 6.18. The zero-order valence-electron chi connectivity index (χ0n) is 13.9. The van der Waals surface area contributed by atoms with Crippen molar-refractivity contribution in [1.82, 2.24) is 15.0 Å². The Morgan fingerprint density at radius 3 is 2.27 bits per heavy atom. The van der Waals surface area contributed by atoms with E-state index in [-0.39, 0.29) is 5.82 Å². The molecule has 0 radical (unpaired) electrons. The SMILES string of the molecule is O=C1Nc2nnn(CCc3ccccc3)c2NC(=O)C1c1ccccc1. The molecular weight excluding hydrogens is 330 g/mol. The molecule has 1 aromatic heterocycles. The number of aromatic nitrogens is 3. The Morgan fingerprint density at radius 1 is 0.885 bits per heavy atom. The van der Waals surface area contributed by atoms with Crippen molar-refractivity contribution in [3.05, 3.63) is 71.8 Å². The quantitative estimate of drug-likeness (QED) is 0.708. The van der Waals surface area contributed by atoms with Crippen molar-refractivity contribution < 1.29 is 9.59 Å². The molecule has 1 aliphatic heterocycles. The Kier molecular flexibility index (Phi) is 4.18. The third-order valence-electron chi connectivity index (χ3n) is 4.33. The Labute approximate surface area is 150 Å². The summed E-state index contributed by atoms with van der Waals surface area (Å²) in [6, 6.07) is 18.9. The van der Waals surface area contributed by atoms with Crippen LogP contribution in [0.15, 0.2) is 60.7 Å². The number of rotatable bonds is 4. The second-order valence-corrected chi connectivity index (χ2v) is 6.07. The van der Waals surface area contributed by atoms with E-state index in [0.717, 1.165) is 12.0 Å². The van der Waals surface area contributed by atoms with Crippen LogP contribution in [0.2, 0.25) is 0 Å². The minimum atomic E-state index is -0.923. The van der Waals surface area contributed by atoms with Gasteiger partial charge in [-0.05, 0) is 17.5 Å². The Bertz CT molecular complexity index is 937. The van der Waals surface area contributed by atoms with E-state index >= 15 is 0 Å². The fourth-order valence-electron chi connectivity index (χ4n) is 3.00. The van der Waals surface area contributed by atoms with Crippen molar-refractivity contribution in [3.8, 4) is 0 Å². The van der Waals surface area contributed by atoms with Crippen LogP contribution in [0.3, 0.4) is 0 Å². The van der Waals surface area contributed by atoms with Crippen LogP contribution in [-0.2, 0) is 22.6 Å². The van der Waals surface area contributed by atoms with Crippen LogP contribution in [0, 0.1) is 0 Å². The molecule has 1 atom stereocenters. The second kappa shape index (κ2) is 6.79. The molecule has 3 aromatic rings. The van der Waals surface area contributed by atoms with Crippen molar-refractivity contribution >= 4 is 23.5 Å². The first kappa shape index (κ1) is 16.0. The predicted molar refractivity (Wildman–Crippen MR) is 96.6 cm³/mol. The minimum absolute atomic E-state index is 0.273. The molecular formula is C19H17N5O2. The van der Waals surface area contributed by atoms with Gasteiger partial charge < -0.3 is 10.6 Å². The zero-order valence-corrected chi connectivity index (χ0v) is 13.9. The average molecular weight is 347 g/mol. The van der Waals surface area contributed by atoms with Crippen molar-refractivity contribution in [3.63, 3.8) is 0 Å². The lowest BCUT2D eigenvalue weighted by Crippen LogP contribution is -2.29. The summed E-state index contributed by atoms with van der Waals surface area (Å²) in [5, 5.41) is 13.6. The number of benzene rings is 2. The lowest BCUT2D eigenvalue weighted by molar-refractivity contribution is -0.125. The second-order valence-electron chi connectivity index (χ2n) is 6.07. The highest BCUT2D eigenvalue weighted by Gasteiger charge is 2.34. The number of hydrogen-bond donors (Lipinski definition) is 2. The lowest BCUT2D eigenvalue weighted by Gasteiger charge is -2.12. The standard InChI is InChI=1S/C19H17N5O2/c25-18-15(14-9-5-2-6-10-14)19(26)21-17-16(20-18)22-23-24(17)12-11-13-7-3-1-4-8-13/h1-10,15H,11-12H2,(H,20,25)(H,21,26). The van der Waals surface area contributed by atoms with Gasteiger partial charge in [0.25, 0.3) is 0 Å². The van der Waals surface area contributed by atoms with Crippen LogP contribution in [0.1, 0.15) is 17.0 Å². The molecule has 7 nitrogen and oxygen atoms in total.